The van der Waals surface area contributed by atoms with Crippen LogP contribution in [-0.4, -0.2) is 149 Å². The molecule has 7 bridgehead atoms. The minimum atomic E-state index is -1.93. The van der Waals surface area contributed by atoms with E-state index in [9.17, 15) is 24.6 Å². The topological polar surface area (TPSA) is 178 Å². The number of nitrogens with zero attached hydrogens (tertiary/aromatic N) is 1. The first-order valence-corrected chi connectivity index (χ1v) is 19.9. The molecular formula is C43H55NO14. The van der Waals surface area contributed by atoms with E-state index in [-0.39, 0.29) is 25.0 Å². The molecule has 5 aliphatic carbocycles. The van der Waals surface area contributed by atoms with E-state index in [1.807, 2.05) is 6.92 Å². The predicted molar refractivity (Wildman–Crippen MR) is 203 cm³/mol. The maximum absolute atomic E-state index is 14.1. The number of benzene rings is 2. The van der Waals surface area contributed by atoms with Gasteiger partial charge in [-0.2, -0.15) is 0 Å². The molecule has 6 aliphatic rings. The Bertz CT molecular complexity index is 1890. The van der Waals surface area contributed by atoms with Gasteiger partial charge < -0.3 is 52.8 Å². The summed E-state index contributed by atoms with van der Waals surface area (Å²) in [6.45, 7) is 4.42. The maximum atomic E-state index is 14.1. The Labute approximate surface area is 338 Å². The molecule has 1 spiro atoms. The fraction of sp³-hybridized carbons (Fsp3) is 0.651. The third-order valence-corrected chi connectivity index (χ3v) is 15.0. The van der Waals surface area contributed by atoms with Crippen LogP contribution in [-0.2, 0) is 38.0 Å². The van der Waals surface area contributed by atoms with Gasteiger partial charge in [0.2, 0.25) is 0 Å². The Balaban J connectivity index is 1.34. The van der Waals surface area contributed by atoms with Crippen molar-refractivity contribution < 1.29 is 67.2 Å². The van der Waals surface area contributed by atoms with Crippen molar-refractivity contribution in [1.29, 1.82) is 0 Å². The van der Waals surface area contributed by atoms with Gasteiger partial charge in [-0.05, 0) is 67.4 Å². The van der Waals surface area contributed by atoms with E-state index >= 15 is 0 Å². The Kier molecular flexibility index (Phi) is 10.4. The molecule has 2 N–H and O–H groups in total. The summed E-state index contributed by atoms with van der Waals surface area (Å²) in [4.78, 5) is 44.1. The standard InChI is InChI=1S/C43H55NO14/c1-9-44-20-40(21-50-3)28(56-38(47)23-10-14-25(51-4)15-11-23)18-29(53-6)42-27-19-41(49)36(57-39(48)24-12-16-26(52-5)17-13-24)30(27)43(58-22(2)45,35(46)37(41)55-8)31(34(42)44)32(54-7)33(40)42/h10-17,27-37,46,49H,9,18-21H2,1-8H3/t27-,28+,29?,30+,31?,32?,33+,34?,35-,36+,37-,40-,41-,42?,43+/m0/s1. The van der Waals surface area contributed by atoms with Crippen molar-refractivity contribution in [2.75, 3.05) is 62.4 Å². The smallest absolute Gasteiger partial charge is 0.338 e. The number of rotatable bonds is 13. The van der Waals surface area contributed by atoms with Gasteiger partial charge in [0.25, 0.3) is 0 Å². The molecule has 5 saturated carbocycles. The first-order chi connectivity index (χ1) is 27.8. The van der Waals surface area contributed by atoms with Crippen LogP contribution in [0.2, 0.25) is 0 Å². The van der Waals surface area contributed by atoms with Crippen LogP contribution in [0.5, 0.6) is 11.5 Å². The highest BCUT2D eigenvalue weighted by Gasteiger charge is 2.92. The number of methoxy groups -OCH3 is 6. The average Bonchev–Trinajstić information content (AvgIpc) is 3.60. The van der Waals surface area contributed by atoms with E-state index in [0.717, 1.165) is 0 Å². The number of hydrogen-bond acceptors (Lipinski definition) is 15. The lowest BCUT2D eigenvalue weighted by Gasteiger charge is -2.70. The molecule has 15 nitrogen and oxygen atoms in total. The fourth-order valence-corrected chi connectivity index (χ4v) is 13.5. The van der Waals surface area contributed by atoms with E-state index in [0.29, 0.717) is 30.2 Å². The van der Waals surface area contributed by atoms with Crippen molar-refractivity contribution >= 4 is 17.9 Å². The highest BCUT2D eigenvalue weighted by Crippen LogP contribution is 2.81. The number of carbonyl (C=O) groups excluding carboxylic acids is 3. The molecule has 6 fully saturated rings. The van der Waals surface area contributed by atoms with Crippen LogP contribution in [0.1, 0.15) is 47.4 Å². The lowest BCUT2D eigenvalue weighted by Crippen LogP contribution is -2.81. The lowest BCUT2D eigenvalue weighted by molar-refractivity contribution is -0.322. The molecule has 0 aromatic heterocycles. The molecule has 5 unspecified atom stereocenters. The second kappa shape index (κ2) is 14.7. The summed E-state index contributed by atoms with van der Waals surface area (Å²) in [5, 5.41) is 25.9. The second-order valence-electron chi connectivity index (χ2n) is 16.9. The zero-order valence-corrected chi connectivity index (χ0v) is 34.2. The monoisotopic (exact) mass is 809 g/mol. The molecule has 1 heterocycles. The molecule has 15 atom stereocenters. The van der Waals surface area contributed by atoms with Gasteiger partial charge in [0.15, 0.2) is 5.60 Å². The van der Waals surface area contributed by atoms with Gasteiger partial charge in [0.1, 0.15) is 41.5 Å². The highest BCUT2D eigenvalue weighted by atomic mass is 16.6. The Morgan fingerprint density at radius 3 is 1.90 bits per heavy atom. The van der Waals surface area contributed by atoms with Gasteiger partial charge in [-0.15, -0.1) is 0 Å². The normalized spacial score (nSPS) is 41.7. The molecule has 2 aromatic carbocycles. The lowest BCUT2D eigenvalue weighted by atomic mass is 9.42. The summed E-state index contributed by atoms with van der Waals surface area (Å²) in [6.07, 6.45) is -6.04. The van der Waals surface area contributed by atoms with Crippen molar-refractivity contribution in [2.24, 2.45) is 34.5 Å². The van der Waals surface area contributed by atoms with E-state index in [2.05, 4.69) is 4.90 Å². The first-order valence-electron chi connectivity index (χ1n) is 19.9. The van der Waals surface area contributed by atoms with Gasteiger partial charge in [-0.3, -0.25) is 9.69 Å². The number of piperidine rings is 1. The van der Waals surface area contributed by atoms with E-state index in [1.165, 1.54) is 21.1 Å². The summed E-state index contributed by atoms with van der Waals surface area (Å²) < 4.78 is 55.6. The van der Waals surface area contributed by atoms with Crippen LogP contribution < -0.4 is 9.47 Å². The van der Waals surface area contributed by atoms with Crippen molar-refractivity contribution in [3.05, 3.63) is 59.7 Å². The molecule has 316 valence electrons. The van der Waals surface area contributed by atoms with E-state index < -0.39 is 106 Å². The number of fused-ring (bicyclic) bond motifs is 2. The molecule has 2 aromatic rings. The predicted octanol–water partition coefficient (Wildman–Crippen LogP) is 2.53. The molecule has 1 aliphatic heterocycles. The number of ether oxygens (including phenoxy) is 9. The summed E-state index contributed by atoms with van der Waals surface area (Å²) >= 11 is 0. The number of hydrogen-bond donors (Lipinski definition) is 2. The van der Waals surface area contributed by atoms with Gasteiger partial charge in [-0.1, -0.05) is 6.92 Å². The summed E-state index contributed by atoms with van der Waals surface area (Å²) in [6, 6.07) is 12.7. The van der Waals surface area contributed by atoms with Crippen LogP contribution in [0.3, 0.4) is 0 Å². The van der Waals surface area contributed by atoms with Crippen LogP contribution in [0.25, 0.3) is 0 Å². The quantitative estimate of drug-likeness (QED) is 0.223. The van der Waals surface area contributed by atoms with Gasteiger partial charge in [-0.25, -0.2) is 9.59 Å². The molecule has 8 rings (SSSR count). The van der Waals surface area contributed by atoms with E-state index in [1.54, 1.807) is 77.0 Å². The Hall–Kier alpha value is -3.83. The third-order valence-electron chi connectivity index (χ3n) is 15.0. The van der Waals surface area contributed by atoms with Crippen LogP contribution >= 0.6 is 0 Å². The summed E-state index contributed by atoms with van der Waals surface area (Å²) in [7, 11) is 9.30. The minimum Gasteiger partial charge on any atom is -0.497 e. The molecule has 15 heteroatoms. The van der Waals surface area contributed by atoms with Gasteiger partial charge >= 0.3 is 17.9 Å². The average molecular weight is 810 g/mol. The number of likely N-dealkylation sites (tertiary alicyclic amines) is 1. The summed E-state index contributed by atoms with van der Waals surface area (Å²) in [5.74, 6) is -3.57. The van der Waals surface area contributed by atoms with Gasteiger partial charge in [0.05, 0.1) is 44.2 Å². The Morgan fingerprint density at radius 2 is 1.40 bits per heavy atom. The number of carbonyl (C=O) groups is 3. The van der Waals surface area contributed by atoms with Gasteiger partial charge in [0, 0.05) is 83.0 Å². The largest absolute Gasteiger partial charge is 0.497 e. The van der Waals surface area contributed by atoms with Crippen LogP contribution in [0, 0.1) is 34.5 Å². The van der Waals surface area contributed by atoms with Crippen molar-refractivity contribution in [3.63, 3.8) is 0 Å². The molecular weight excluding hydrogens is 754 g/mol. The highest BCUT2D eigenvalue weighted by molar-refractivity contribution is 5.90. The van der Waals surface area contributed by atoms with Crippen LogP contribution in [0.4, 0.5) is 0 Å². The Morgan fingerprint density at radius 1 is 0.793 bits per heavy atom. The van der Waals surface area contributed by atoms with Crippen molar-refractivity contribution in [1.82, 2.24) is 4.90 Å². The fourth-order valence-electron chi connectivity index (χ4n) is 13.5. The zero-order chi connectivity index (χ0) is 41.5. The van der Waals surface area contributed by atoms with E-state index in [4.69, 9.17) is 42.6 Å². The number of aliphatic hydroxyl groups excluding tert-OH is 1. The zero-order valence-electron chi connectivity index (χ0n) is 34.2. The number of aliphatic hydroxyl groups is 2. The minimum absolute atomic E-state index is 0.00371. The third kappa shape index (κ3) is 5.26. The molecule has 0 radical (unpaired) electrons. The summed E-state index contributed by atoms with van der Waals surface area (Å²) in [5.41, 5.74) is -4.98. The molecule has 58 heavy (non-hydrogen) atoms. The molecule has 1 saturated heterocycles. The molecule has 0 amide bonds. The second-order valence-corrected chi connectivity index (χ2v) is 16.9. The van der Waals surface area contributed by atoms with Crippen molar-refractivity contribution in [2.45, 2.75) is 80.6 Å². The maximum Gasteiger partial charge on any atom is 0.338 e. The first kappa shape index (κ1) is 40.9. The number of esters is 3. The SMILES string of the molecule is CCN1C[C@]2(COC)[C@H](OC(=O)c3ccc(OC)cc3)CC(OC)C34C1C(C(OC)[C@@H]32)[C@]1(OC(C)=O)[C@H]2[C@@H](OC(=O)c3ccc(OC)cc3)[C@@](O)(C[C@@H]24)[C@@H](OC)[C@@H]1O. The van der Waals surface area contributed by atoms with Crippen LogP contribution in [0.15, 0.2) is 48.5 Å². The van der Waals surface area contributed by atoms with Crippen molar-refractivity contribution in [3.8, 4) is 11.5 Å².